The van der Waals surface area contributed by atoms with E-state index in [1.54, 1.807) is 6.07 Å². The second-order valence-electron chi connectivity index (χ2n) is 2.28. The Morgan fingerprint density at radius 1 is 1.46 bits per heavy atom. The smallest absolute Gasteiger partial charge is 0.349 e. The minimum absolute atomic E-state index is 0.0104. The lowest BCUT2D eigenvalue weighted by molar-refractivity contribution is 0.568. The third-order valence-electron chi connectivity index (χ3n) is 1.40. The van der Waals surface area contributed by atoms with Crippen LogP contribution in [0.1, 0.15) is 0 Å². The van der Waals surface area contributed by atoms with E-state index in [4.69, 9.17) is 16.0 Å². The molecule has 5 nitrogen and oxygen atoms in total. The first-order chi connectivity index (χ1) is 6.25. The van der Waals surface area contributed by atoms with Gasteiger partial charge in [0.05, 0.1) is 11.8 Å². The van der Waals surface area contributed by atoms with Crippen molar-refractivity contribution < 1.29 is 4.42 Å². The molecular formula is C7H4ClN3O2. The lowest BCUT2D eigenvalue weighted by atomic mass is 10.3. The van der Waals surface area contributed by atoms with Gasteiger partial charge in [-0.2, -0.15) is 9.97 Å². The summed E-state index contributed by atoms with van der Waals surface area (Å²) in [5.74, 6) is 0.252. The second kappa shape index (κ2) is 3.02. The van der Waals surface area contributed by atoms with Crippen molar-refractivity contribution in [3.8, 4) is 11.4 Å². The summed E-state index contributed by atoms with van der Waals surface area (Å²) in [6.45, 7) is 0. The number of aromatic amines is 1. The monoisotopic (exact) mass is 197 g/mol. The van der Waals surface area contributed by atoms with Gasteiger partial charge in [-0.05, 0) is 17.7 Å². The topological polar surface area (TPSA) is 71.8 Å². The van der Waals surface area contributed by atoms with E-state index in [9.17, 15) is 4.79 Å². The highest BCUT2D eigenvalue weighted by Crippen LogP contribution is 2.13. The van der Waals surface area contributed by atoms with Crippen LogP contribution in [0, 0.1) is 0 Å². The molecule has 2 aromatic heterocycles. The molecule has 0 amide bonds. The molecule has 0 bridgehead atoms. The average molecular weight is 198 g/mol. The lowest BCUT2D eigenvalue weighted by Gasteiger charge is -1.93. The van der Waals surface area contributed by atoms with Crippen LogP contribution in [0.3, 0.4) is 0 Å². The summed E-state index contributed by atoms with van der Waals surface area (Å²) in [6, 6.07) is 1.64. The Labute approximate surface area is 77.4 Å². The van der Waals surface area contributed by atoms with Crippen molar-refractivity contribution in [3.05, 3.63) is 34.4 Å². The van der Waals surface area contributed by atoms with Gasteiger partial charge in [-0.25, -0.2) is 4.79 Å². The molecule has 13 heavy (non-hydrogen) atoms. The molecule has 6 heteroatoms. The van der Waals surface area contributed by atoms with E-state index in [0.29, 0.717) is 5.56 Å². The number of nitrogens with zero attached hydrogens (tertiary/aromatic N) is 2. The SMILES string of the molecule is O=c1nc(-c2ccoc2)nc(Cl)[nH]1. The van der Waals surface area contributed by atoms with Crippen LogP contribution in [0.25, 0.3) is 11.4 Å². The Balaban J connectivity index is 2.59. The number of H-pyrrole nitrogens is 1. The van der Waals surface area contributed by atoms with Crippen LogP contribution in [0.2, 0.25) is 5.28 Å². The molecule has 2 heterocycles. The van der Waals surface area contributed by atoms with Gasteiger partial charge in [0, 0.05) is 0 Å². The van der Waals surface area contributed by atoms with Gasteiger partial charge < -0.3 is 4.42 Å². The summed E-state index contributed by atoms with van der Waals surface area (Å²) in [7, 11) is 0. The molecule has 0 saturated carbocycles. The van der Waals surface area contributed by atoms with Crippen LogP contribution >= 0.6 is 11.6 Å². The van der Waals surface area contributed by atoms with E-state index in [2.05, 4.69) is 15.0 Å². The molecule has 2 aromatic rings. The van der Waals surface area contributed by atoms with Gasteiger partial charge in [0.15, 0.2) is 5.82 Å². The van der Waals surface area contributed by atoms with Gasteiger partial charge in [-0.3, -0.25) is 4.98 Å². The quantitative estimate of drug-likeness (QED) is 0.743. The number of aromatic nitrogens is 3. The predicted molar refractivity (Wildman–Crippen MR) is 45.4 cm³/mol. The van der Waals surface area contributed by atoms with Crippen molar-refractivity contribution in [1.82, 2.24) is 15.0 Å². The van der Waals surface area contributed by atoms with E-state index >= 15 is 0 Å². The molecule has 0 aliphatic carbocycles. The van der Waals surface area contributed by atoms with Crippen molar-refractivity contribution in [1.29, 1.82) is 0 Å². The van der Waals surface area contributed by atoms with Gasteiger partial charge in [0.1, 0.15) is 6.26 Å². The molecule has 0 spiro atoms. The summed E-state index contributed by atoms with van der Waals surface area (Å²) >= 11 is 5.53. The highest BCUT2D eigenvalue weighted by molar-refractivity contribution is 6.28. The van der Waals surface area contributed by atoms with Gasteiger partial charge in [0.2, 0.25) is 5.28 Å². The first kappa shape index (κ1) is 8.00. The summed E-state index contributed by atoms with van der Waals surface area (Å²) in [6.07, 6.45) is 2.90. The minimum Gasteiger partial charge on any atom is -0.472 e. The molecule has 2 rings (SSSR count). The highest BCUT2D eigenvalue weighted by atomic mass is 35.5. The number of hydrogen-bond acceptors (Lipinski definition) is 4. The maximum absolute atomic E-state index is 10.9. The number of halogens is 1. The number of nitrogens with one attached hydrogen (secondary N) is 1. The van der Waals surface area contributed by atoms with E-state index in [1.165, 1.54) is 12.5 Å². The molecule has 0 atom stereocenters. The van der Waals surface area contributed by atoms with Crippen LogP contribution in [-0.2, 0) is 0 Å². The van der Waals surface area contributed by atoms with Crippen LogP contribution in [0.4, 0.5) is 0 Å². The molecule has 66 valence electrons. The Bertz CT molecular complexity index is 463. The fourth-order valence-corrected chi connectivity index (χ4v) is 1.04. The minimum atomic E-state index is -0.531. The third kappa shape index (κ3) is 1.59. The van der Waals surface area contributed by atoms with Crippen LogP contribution in [0.5, 0.6) is 0 Å². The van der Waals surface area contributed by atoms with E-state index in [1.807, 2.05) is 0 Å². The third-order valence-corrected chi connectivity index (χ3v) is 1.58. The molecule has 0 unspecified atom stereocenters. The molecule has 0 fully saturated rings. The normalized spacial score (nSPS) is 10.2. The zero-order valence-electron chi connectivity index (χ0n) is 6.32. The van der Waals surface area contributed by atoms with Crippen molar-refractivity contribution in [3.63, 3.8) is 0 Å². The van der Waals surface area contributed by atoms with Crippen molar-refractivity contribution in [2.75, 3.05) is 0 Å². The maximum Gasteiger partial charge on any atom is 0.349 e. The van der Waals surface area contributed by atoms with Gasteiger partial charge in [0.25, 0.3) is 0 Å². The zero-order chi connectivity index (χ0) is 9.26. The zero-order valence-corrected chi connectivity index (χ0v) is 7.08. The maximum atomic E-state index is 10.9. The van der Waals surface area contributed by atoms with Crippen LogP contribution < -0.4 is 5.69 Å². The first-order valence-electron chi connectivity index (χ1n) is 3.42. The summed E-state index contributed by atoms with van der Waals surface area (Å²) in [5.41, 5.74) is 0.0872. The van der Waals surface area contributed by atoms with Crippen LogP contribution in [0.15, 0.2) is 27.8 Å². The Morgan fingerprint density at radius 3 is 2.92 bits per heavy atom. The summed E-state index contributed by atoms with van der Waals surface area (Å²) < 4.78 is 4.81. The number of hydrogen-bond donors (Lipinski definition) is 1. The lowest BCUT2D eigenvalue weighted by Crippen LogP contribution is -2.12. The molecule has 0 aromatic carbocycles. The number of furan rings is 1. The fourth-order valence-electron chi connectivity index (χ4n) is 0.879. The average Bonchev–Trinajstić information content (AvgIpc) is 2.53. The molecule has 1 N–H and O–H groups in total. The van der Waals surface area contributed by atoms with E-state index < -0.39 is 5.69 Å². The van der Waals surface area contributed by atoms with E-state index in [0.717, 1.165) is 0 Å². The molecule has 0 radical (unpaired) electrons. The first-order valence-corrected chi connectivity index (χ1v) is 3.80. The molecular weight excluding hydrogens is 194 g/mol. The molecule has 0 saturated heterocycles. The van der Waals surface area contributed by atoms with Gasteiger partial charge >= 0.3 is 5.69 Å². The van der Waals surface area contributed by atoms with Gasteiger partial charge in [-0.15, -0.1) is 0 Å². The Morgan fingerprint density at radius 2 is 2.31 bits per heavy atom. The number of rotatable bonds is 1. The van der Waals surface area contributed by atoms with Gasteiger partial charge in [-0.1, -0.05) is 0 Å². The highest BCUT2D eigenvalue weighted by Gasteiger charge is 2.04. The van der Waals surface area contributed by atoms with E-state index in [-0.39, 0.29) is 11.1 Å². The fraction of sp³-hybridized carbons (Fsp3) is 0. The largest absolute Gasteiger partial charge is 0.472 e. The summed E-state index contributed by atoms with van der Waals surface area (Å²) in [5, 5.41) is 0.0104. The van der Waals surface area contributed by atoms with Crippen molar-refractivity contribution in [2.24, 2.45) is 0 Å². The Kier molecular flexibility index (Phi) is 1.86. The molecule has 0 aliphatic rings. The second-order valence-corrected chi connectivity index (χ2v) is 2.64. The Hall–Kier alpha value is -1.62. The predicted octanol–water partition coefficient (Wildman–Crippen LogP) is 1.08. The molecule has 0 aliphatic heterocycles. The summed E-state index contributed by atoms with van der Waals surface area (Å²) in [4.78, 5) is 20.5. The van der Waals surface area contributed by atoms with Crippen LogP contribution in [-0.4, -0.2) is 15.0 Å². The standard InChI is InChI=1S/C7H4ClN3O2/c8-6-9-5(10-7(12)11-6)4-1-2-13-3-4/h1-3H,(H,9,10,11,12). The van der Waals surface area contributed by atoms with Crippen molar-refractivity contribution in [2.45, 2.75) is 0 Å². The van der Waals surface area contributed by atoms with Crippen molar-refractivity contribution >= 4 is 11.6 Å².